The molecule has 2 aliphatic rings. The third-order valence-corrected chi connectivity index (χ3v) is 4.98. The molecule has 0 amide bonds. The first kappa shape index (κ1) is 14.7. The van der Waals surface area contributed by atoms with E-state index < -0.39 is 0 Å². The summed E-state index contributed by atoms with van der Waals surface area (Å²) in [6, 6.07) is 6.72. The number of piperazine rings is 1. The van der Waals surface area contributed by atoms with Crippen LogP contribution in [0.15, 0.2) is 18.2 Å². The maximum absolute atomic E-state index is 10.1. The zero-order valence-electron chi connectivity index (χ0n) is 13.1. The Hall–Kier alpha value is -1.26. The van der Waals surface area contributed by atoms with Gasteiger partial charge in [-0.2, -0.15) is 0 Å². The van der Waals surface area contributed by atoms with Gasteiger partial charge in [0.1, 0.15) is 11.5 Å². The lowest BCUT2D eigenvalue weighted by molar-refractivity contribution is 0.0107. The van der Waals surface area contributed by atoms with Gasteiger partial charge in [0, 0.05) is 37.3 Å². The van der Waals surface area contributed by atoms with Crippen LogP contribution in [-0.4, -0.2) is 53.7 Å². The van der Waals surface area contributed by atoms with Crippen molar-refractivity contribution < 1.29 is 9.84 Å². The van der Waals surface area contributed by atoms with Gasteiger partial charge < -0.3 is 9.84 Å². The van der Waals surface area contributed by atoms with Gasteiger partial charge in [-0.3, -0.25) is 9.80 Å². The van der Waals surface area contributed by atoms with Crippen LogP contribution in [0.4, 0.5) is 0 Å². The van der Waals surface area contributed by atoms with Crippen LogP contribution >= 0.6 is 0 Å². The molecular formula is C17H26N2O2. The maximum atomic E-state index is 10.1. The molecule has 0 bridgehead atoms. The summed E-state index contributed by atoms with van der Waals surface area (Å²) in [5.41, 5.74) is 0.963. The van der Waals surface area contributed by atoms with E-state index in [4.69, 9.17) is 4.74 Å². The summed E-state index contributed by atoms with van der Waals surface area (Å²) in [5, 5.41) is 10.1. The standard InChI is InChI=1S/C17H26N2O2/c1-13-10-18-8-4-3-5-15(18)12-19(13)11-14-9-16(21-2)6-7-17(14)20/h6-7,9,13,15,20H,3-5,8,10-12H2,1-2H3. The van der Waals surface area contributed by atoms with Crippen molar-refractivity contribution in [3.63, 3.8) is 0 Å². The highest BCUT2D eigenvalue weighted by Crippen LogP contribution is 2.28. The first-order valence-corrected chi connectivity index (χ1v) is 8.01. The average molecular weight is 290 g/mol. The molecule has 4 heteroatoms. The summed E-state index contributed by atoms with van der Waals surface area (Å²) < 4.78 is 5.27. The van der Waals surface area contributed by atoms with Crippen molar-refractivity contribution in [2.45, 2.75) is 44.8 Å². The Morgan fingerprint density at radius 1 is 1.29 bits per heavy atom. The molecular weight excluding hydrogens is 264 g/mol. The Morgan fingerprint density at radius 2 is 2.14 bits per heavy atom. The van der Waals surface area contributed by atoms with Crippen molar-refractivity contribution >= 4 is 0 Å². The minimum Gasteiger partial charge on any atom is -0.508 e. The van der Waals surface area contributed by atoms with Crippen LogP contribution in [0.1, 0.15) is 31.7 Å². The highest BCUT2D eigenvalue weighted by atomic mass is 16.5. The second-order valence-electron chi connectivity index (χ2n) is 6.42. The van der Waals surface area contributed by atoms with Crippen molar-refractivity contribution in [1.82, 2.24) is 9.80 Å². The predicted molar refractivity (Wildman–Crippen MR) is 83.7 cm³/mol. The Kier molecular flexibility index (Phi) is 4.36. The van der Waals surface area contributed by atoms with Gasteiger partial charge in [0.15, 0.2) is 0 Å². The van der Waals surface area contributed by atoms with Gasteiger partial charge in [0.25, 0.3) is 0 Å². The number of phenols is 1. The van der Waals surface area contributed by atoms with Crippen molar-refractivity contribution in [3.05, 3.63) is 23.8 Å². The molecule has 2 fully saturated rings. The fourth-order valence-corrected chi connectivity index (χ4v) is 3.67. The summed E-state index contributed by atoms with van der Waals surface area (Å²) in [5.74, 6) is 1.18. The van der Waals surface area contributed by atoms with Gasteiger partial charge in [0.2, 0.25) is 0 Å². The lowest BCUT2D eigenvalue weighted by Gasteiger charge is -2.47. The number of hydrogen-bond acceptors (Lipinski definition) is 4. The van der Waals surface area contributed by atoms with Crippen LogP contribution in [0.3, 0.4) is 0 Å². The third-order valence-electron chi connectivity index (χ3n) is 4.98. The van der Waals surface area contributed by atoms with Crippen molar-refractivity contribution in [3.8, 4) is 11.5 Å². The molecule has 2 unspecified atom stereocenters. The average Bonchev–Trinajstić information content (AvgIpc) is 2.50. The fourth-order valence-electron chi connectivity index (χ4n) is 3.67. The molecule has 0 spiro atoms. The third kappa shape index (κ3) is 3.16. The van der Waals surface area contributed by atoms with E-state index in [0.717, 1.165) is 30.9 Å². The van der Waals surface area contributed by atoms with E-state index >= 15 is 0 Å². The zero-order chi connectivity index (χ0) is 14.8. The molecule has 0 aliphatic carbocycles. The second-order valence-corrected chi connectivity index (χ2v) is 6.42. The summed E-state index contributed by atoms with van der Waals surface area (Å²) in [7, 11) is 1.67. The number of nitrogens with zero attached hydrogens (tertiary/aromatic N) is 2. The largest absolute Gasteiger partial charge is 0.508 e. The molecule has 0 aromatic heterocycles. The van der Waals surface area contributed by atoms with Gasteiger partial charge in [-0.25, -0.2) is 0 Å². The zero-order valence-corrected chi connectivity index (χ0v) is 13.1. The first-order valence-electron chi connectivity index (χ1n) is 8.01. The molecule has 2 saturated heterocycles. The number of hydrogen-bond donors (Lipinski definition) is 1. The van der Waals surface area contributed by atoms with Crippen molar-refractivity contribution in [1.29, 1.82) is 0 Å². The molecule has 4 nitrogen and oxygen atoms in total. The Bertz CT molecular complexity index is 492. The number of methoxy groups -OCH3 is 1. The summed E-state index contributed by atoms with van der Waals surface area (Å²) in [6.45, 7) is 6.61. The molecule has 2 heterocycles. The molecule has 3 rings (SSSR count). The number of fused-ring (bicyclic) bond motifs is 1. The molecule has 0 saturated carbocycles. The van der Waals surface area contributed by atoms with Gasteiger partial charge in [-0.15, -0.1) is 0 Å². The summed E-state index contributed by atoms with van der Waals surface area (Å²) in [6.07, 6.45) is 4.01. The molecule has 1 N–H and O–H groups in total. The van der Waals surface area contributed by atoms with Crippen molar-refractivity contribution in [2.75, 3.05) is 26.7 Å². The molecule has 1 aromatic rings. The summed E-state index contributed by atoms with van der Waals surface area (Å²) in [4.78, 5) is 5.15. The molecule has 1 aromatic carbocycles. The number of phenolic OH excluding ortho intramolecular Hbond substituents is 1. The number of ether oxygens (including phenoxy) is 1. The number of rotatable bonds is 3. The van der Waals surface area contributed by atoms with Gasteiger partial charge >= 0.3 is 0 Å². The van der Waals surface area contributed by atoms with Gasteiger partial charge in [0.05, 0.1) is 7.11 Å². The van der Waals surface area contributed by atoms with Gasteiger partial charge in [-0.1, -0.05) is 6.42 Å². The SMILES string of the molecule is COc1ccc(O)c(CN2CC3CCCCN3CC2C)c1. The topological polar surface area (TPSA) is 35.9 Å². The van der Waals surface area contributed by atoms with E-state index in [1.54, 1.807) is 19.2 Å². The van der Waals surface area contributed by atoms with E-state index in [2.05, 4.69) is 16.7 Å². The number of piperidine rings is 1. The van der Waals surface area contributed by atoms with Crippen LogP contribution in [-0.2, 0) is 6.54 Å². The highest BCUT2D eigenvalue weighted by molar-refractivity contribution is 5.39. The Labute approximate surface area is 127 Å². The minimum absolute atomic E-state index is 0.370. The highest BCUT2D eigenvalue weighted by Gasteiger charge is 2.33. The van der Waals surface area contributed by atoms with Crippen LogP contribution in [0, 0.1) is 0 Å². The van der Waals surface area contributed by atoms with E-state index in [1.165, 1.54) is 25.8 Å². The van der Waals surface area contributed by atoms with Crippen LogP contribution in [0.25, 0.3) is 0 Å². The molecule has 2 atom stereocenters. The first-order chi connectivity index (χ1) is 10.2. The van der Waals surface area contributed by atoms with Gasteiger partial charge in [-0.05, 0) is 44.5 Å². The van der Waals surface area contributed by atoms with Crippen LogP contribution in [0.2, 0.25) is 0 Å². The quantitative estimate of drug-likeness (QED) is 0.927. The number of aromatic hydroxyl groups is 1. The van der Waals surface area contributed by atoms with E-state index in [9.17, 15) is 5.11 Å². The molecule has 21 heavy (non-hydrogen) atoms. The molecule has 0 radical (unpaired) electrons. The molecule has 2 aliphatic heterocycles. The predicted octanol–water partition coefficient (Wildman–Crippen LogP) is 2.46. The fraction of sp³-hybridized carbons (Fsp3) is 0.647. The van der Waals surface area contributed by atoms with E-state index in [1.807, 2.05) is 6.07 Å². The lowest BCUT2D eigenvalue weighted by Crippen LogP contribution is -2.58. The maximum Gasteiger partial charge on any atom is 0.120 e. The monoisotopic (exact) mass is 290 g/mol. The van der Waals surface area contributed by atoms with Crippen LogP contribution in [0.5, 0.6) is 11.5 Å². The van der Waals surface area contributed by atoms with Crippen molar-refractivity contribution in [2.24, 2.45) is 0 Å². The smallest absolute Gasteiger partial charge is 0.120 e. The van der Waals surface area contributed by atoms with Crippen LogP contribution < -0.4 is 4.74 Å². The molecule has 116 valence electrons. The Morgan fingerprint density at radius 3 is 2.95 bits per heavy atom. The van der Waals surface area contributed by atoms with E-state index in [0.29, 0.717) is 17.8 Å². The Balaban J connectivity index is 1.72. The van der Waals surface area contributed by atoms with E-state index in [-0.39, 0.29) is 0 Å². The summed E-state index contributed by atoms with van der Waals surface area (Å²) >= 11 is 0. The minimum atomic E-state index is 0.370. The lowest BCUT2D eigenvalue weighted by atomic mass is 9.96. The number of benzene rings is 1. The normalized spacial score (nSPS) is 27.3. The second kappa shape index (κ2) is 6.24.